The zero-order valence-electron chi connectivity index (χ0n) is 11.7. The van der Waals surface area contributed by atoms with Gasteiger partial charge in [0.1, 0.15) is 11.6 Å². The highest BCUT2D eigenvalue weighted by atomic mass is 15.2. The van der Waals surface area contributed by atoms with Crippen molar-refractivity contribution in [2.45, 2.75) is 44.7 Å². The lowest BCUT2D eigenvalue weighted by Crippen LogP contribution is -2.41. The first-order valence-corrected chi connectivity index (χ1v) is 7.58. The predicted molar refractivity (Wildman–Crippen MR) is 79.6 cm³/mol. The Hall–Kier alpha value is -1.29. The minimum Gasteiger partial charge on any atom is -0.370 e. The van der Waals surface area contributed by atoms with Crippen LogP contribution in [0.15, 0.2) is 18.2 Å². The molecule has 19 heavy (non-hydrogen) atoms. The van der Waals surface area contributed by atoms with E-state index in [0.29, 0.717) is 6.04 Å². The van der Waals surface area contributed by atoms with Gasteiger partial charge in [0, 0.05) is 25.2 Å². The fourth-order valence-corrected chi connectivity index (χ4v) is 3.40. The van der Waals surface area contributed by atoms with Gasteiger partial charge < -0.3 is 10.6 Å². The van der Waals surface area contributed by atoms with Crippen LogP contribution in [-0.4, -0.2) is 41.6 Å². The van der Waals surface area contributed by atoms with Gasteiger partial charge in [-0.3, -0.25) is 4.90 Å². The van der Waals surface area contributed by atoms with Crippen LogP contribution in [0.3, 0.4) is 0 Å². The fraction of sp³-hybridized carbons (Fsp3) is 0.667. The van der Waals surface area contributed by atoms with Crippen molar-refractivity contribution in [2.24, 2.45) is 0 Å². The van der Waals surface area contributed by atoms with E-state index in [1.54, 1.807) is 0 Å². The lowest BCUT2D eigenvalue weighted by atomic mass is 9.99. The number of nitrogens with zero attached hydrogens (tertiary/aromatic N) is 2. The van der Waals surface area contributed by atoms with E-state index in [2.05, 4.69) is 39.6 Å². The number of aromatic nitrogens is 1. The number of nitrogens with one attached hydrogen (secondary N) is 2. The minimum absolute atomic E-state index is 0.574. The van der Waals surface area contributed by atoms with Crippen molar-refractivity contribution in [1.29, 1.82) is 0 Å². The van der Waals surface area contributed by atoms with Crippen molar-refractivity contribution in [3.8, 4) is 0 Å². The number of fused-ring (bicyclic) bond motifs is 1. The third-order valence-electron chi connectivity index (χ3n) is 4.30. The number of anilines is 2. The molecule has 0 aliphatic carbocycles. The summed E-state index contributed by atoms with van der Waals surface area (Å²) in [5, 5.41) is 6.91. The van der Waals surface area contributed by atoms with Crippen molar-refractivity contribution >= 4 is 11.6 Å². The second-order valence-corrected chi connectivity index (χ2v) is 5.58. The summed E-state index contributed by atoms with van der Waals surface area (Å²) < 4.78 is 0. The van der Waals surface area contributed by atoms with E-state index >= 15 is 0 Å². The zero-order valence-corrected chi connectivity index (χ0v) is 11.7. The first-order chi connectivity index (χ1) is 9.36. The second-order valence-electron chi connectivity index (χ2n) is 5.58. The molecule has 1 aromatic heterocycles. The Kier molecular flexibility index (Phi) is 3.87. The SMILES string of the molecule is CCNc1cccc(NC2CCN3CCCCC23)n1. The van der Waals surface area contributed by atoms with Gasteiger partial charge in [0.05, 0.1) is 0 Å². The van der Waals surface area contributed by atoms with Gasteiger partial charge in [-0.25, -0.2) is 4.98 Å². The van der Waals surface area contributed by atoms with Crippen LogP contribution in [0, 0.1) is 0 Å². The van der Waals surface area contributed by atoms with Gasteiger partial charge in [0.25, 0.3) is 0 Å². The van der Waals surface area contributed by atoms with Crippen LogP contribution in [0.2, 0.25) is 0 Å². The second kappa shape index (κ2) is 5.78. The molecule has 2 fully saturated rings. The Bertz CT molecular complexity index is 420. The van der Waals surface area contributed by atoms with Gasteiger partial charge in [0.15, 0.2) is 0 Å². The fourth-order valence-electron chi connectivity index (χ4n) is 3.40. The number of hydrogen-bond acceptors (Lipinski definition) is 4. The minimum atomic E-state index is 0.574. The normalized spacial score (nSPS) is 27.0. The molecule has 2 N–H and O–H groups in total. The molecule has 2 unspecified atom stereocenters. The first kappa shape index (κ1) is 12.7. The molecule has 0 aromatic carbocycles. The Morgan fingerprint density at radius 1 is 1.21 bits per heavy atom. The van der Waals surface area contributed by atoms with Crippen LogP contribution in [0.5, 0.6) is 0 Å². The molecule has 0 amide bonds. The predicted octanol–water partition coefficient (Wildman–Crippen LogP) is 2.55. The average molecular weight is 260 g/mol. The van der Waals surface area contributed by atoms with Gasteiger partial charge in [-0.2, -0.15) is 0 Å². The highest BCUT2D eigenvalue weighted by Gasteiger charge is 2.35. The van der Waals surface area contributed by atoms with E-state index in [9.17, 15) is 0 Å². The highest BCUT2D eigenvalue weighted by Crippen LogP contribution is 2.29. The molecule has 3 rings (SSSR count). The third kappa shape index (κ3) is 2.84. The zero-order chi connectivity index (χ0) is 13.1. The highest BCUT2D eigenvalue weighted by molar-refractivity contribution is 5.46. The molecule has 1 aromatic rings. The van der Waals surface area contributed by atoms with Crippen molar-refractivity contribution in [1.82, 2.24) is 9.88 Å². The first-order valence-electron chi connectivity index (χ1n) is 7.58. The maximum absolute atomic E-state index is 4.62. The number of rotatable bonds is 4. The Labute approximate surface area is 115 Å². The summed E-state index contributed by atoms with van der Waals surface area (Å²) in [7, 11) is 0. The summed E-state index contributed by atoms with van der Waals surface area (Å²) in [4.78, 5) is 7.27. The number of pyridine rings is 1. The van der Waals surface area contributed by atoms with Crippen molar-refractivity contribution in [3.05, 3.63) is 18.2 Å². The summed E-state index contributed by atoms with van der Waals surface area (Å²) in [6.07, 6.45) is 5.34. The molecule has 2 atom stereocenters. The van der Waals surface area contributed by atoms with Crippen molar-refractivity contribution in [2.75, 3.05) is 30.3 Å². The van der Waals surface area contributed by atoms with Gasteiger partial charge in [-0.05, 0) is 44.9 Å². The quantitative estimate of drug-likeness (QED) is 0.873. The molecule has 4 nitrogen and oxygen atoms in total. The van der Waals surface area contributed by atoms with E-state index in [4.69, 9.17) is 0 Å². The van der Waals surface area contributed by atoms with Gasteiger partial charge in [-0.1, -0.05) is 12.5 Å². The molecule has 3 heterocycles. The van der Waals surface area contributed by atoms with E-state index in [0.717, 1.165) is 24.2 Å². The Balaban J connectivity index is 1.66. The summed E-state index contributed by atoms with van der Waals surface area (Å²) in [5.41, 5.74) is 0. The molecule has 104 valence electrons. The van der Waals surface area contributed by atoms with Crippen LogP contribution in [0.1, 0.15) is 32.6 Å². The Morgan fingerprint density at radius 2 is 2.11 bits per heavy atom. The van der Waals surface area contributed by atoms with Crippen molar-refractivity contribution in [3.63, 3.8) is 0 Å². The molecule has 0 spiro atoms. The average Bonchev–Trinajstić information content (AvgIpc) is 2.83. The van der Waals surface area contributed by atoms with Gasteiger partial charge in [0.2, 0.25) is 0 Å². The molecular formula is C15H24N4. The van der Waals surface area contributed by atoms with E-state index in [1.807, 2.05) is 6.07 Å². The lowest BCUT2D eigenvalue weighted by molar-refractivity contribution is 0.192. The van der Waals surface area contributed by atoms with E-state index in [1.165, 1.54) is 38.8 Å². The van der Waals surface area contributed by atoms with Gasteiger partial charge >= 0.3 is 0 Å². The smallest absolute Gasteiger partial charge is 0.128 e. The van der Waals surface area contributed by atoms with Crippen LogP contribution < -0.4 is 10.6 Å². The summed E-state index contributed by atoms with van der Waals surface area (Å²) in [6.45, 7) is 5.54. The van der Waals surface area contributed by atoms with E-state index < -0.39 is 0 Å². The monoisotopic (exact) mass is 260 g/mol. The van der Waals surface area contributed by atoms with E-state index in [-0.39, 0.29) is 0 Å². The maximum atomic E-state index is 4.62. The summed E-state index contributed by atoms with van der Waals surface area (Å²) in [5.74, 6) is 1.97. The molecule has 0 bridgehead atoms. The van der Waals surface area contributed by atoms with Crippen LogP contribution in [0.4, 0.5) is 11.6 Å². The van der Waals surface area contributed by atoms with Crippen LogP contribution in [-0.2, 0) is 0 Å². The van der Waals surface area contributed by atoms with Crippen LogP contribution in [0.25, 0.3) is 0 Å². The Morgan fingerprint density at radius 3 is 3.00 bits per heavy atom. The molecule has 0 radical (unpaired) electrons. The lowest BCUT2D eigenvalue weighted by Gasteiger charge is -2.32. The number of hydrogen-bond donors (Lipinski definition) is 2. The molecule has 0 saturated carbocycles. The standard InChI is InChI=1S/C15H24N4/c1-2-16-14-7-5-8-15(18-14)17-12-9-11-19-10-4-3-6-13(12)19/h5,7-8,12-13H,2-4,6,9-11H2,1H3,(H2,16,17,18). The third-order valence-corrected chi connectivity index (χ3v) is 4.30. The molecule has 2 aliphatic rings. The van der Waals surface area contributed by atoms with Crippen LogP contribution >= 0.6 is 0 Å². The number of piperidine rings is 1. The topological polar surface area (TPSA) is 40.2 Å². The summed E-state index contributed by atoms with van der Waals surface area (Å²) in [6, 6.07) is 7.46. The molecule has 4 heteroatoms. The molecule has 2 saturated heterocycles. The summed E-state index contributed by atoms with van der Waals surface area (Å²) >= 11 is 0. The maximum Gasteiger partial charge on any atom is 0.128 e. The largest absolute Gasteiger partial charge is 0.370 e. The van der Waals surface area contributed by atoms with Gasteiger partial charge in [-0.15, -0.1) is 0 Å². The molecule has 2 aliphatic heterocycles. The van der Waals surface area contributed by atoms with Crippen molar-refractivity contribution < 1.29 is 0 Å². The molecular weight excluding hydrogens is 236 g/mol.